The van der Waals surface area contributed by atoms with Crippen LogP contribution in [0.15, 0.2) is 12.1 Å². The molecule has 5 rings (SSSR count). The molecule has 3 aliphatic carbocycles. The Morgan fingerprint density at radius 1 is 0.750 bits per heavy atom. The van der Waals surface area contributed by atoms with Crippen molar-refractivity contribution in [3.8, 4) is 0 Å². The van der Waals surface area contributed by atoms with E-state index in [1.165, 1.54) is 12.1 Å². The van der Waals surface area contributed by atoms with E-state index in [0.717, 1.165) is 32.4 Å². The molecule has 0 aromatic carbocycles. The second-order valence-corrected chi connectivity index (χ2v) is 9.27. The number of thiophene rings is 2. The van der Waals surface area contributed by atoms with Gasteiger partial charge >= 0.3 is 0 Å². The summed E-state index contributed by atoms with van der Waals surface area (Å²) < 4.78 is 27.4. The number of Topliss-reactive ketones (excluding diaryl/α,β-unsaturated/α-hetero) is 2. The molecule has 6 heteroatoms. The highest BCUT2D eigenvalue weighted by molar-refractivity contribution is 7.11. The zero-order valence-corrected chi connectivity index (χ0v) is 14.6. The summed E-state index contributed by atoms with van der Waals surface area (Å²) in [6, 6.07) is 2.68. The van der Waals surface area contributed by atoms with Crippen molar-refractivity contribution in [1.82, 2.24) is 0 Å². The third-order valence-corrected chi connectivity index (χ3v) is 8.29. The number of carbonyl (C=O) groups excluding carboxylic acids is 2. The van der Waals surface area contributed by atoms with Crippen molar-refractivity contribution in [3.05, 3.63) is 43.3 Å². The Balaban J connectivity index is 1.68. The third kappa shape index (κ3) is 1.59. The molecule has 0 spiro atoms. The highest BCUT2D eigenvalue weighted by atomic mass is 32.1. The van der Waals surface area contributed by atoms with Crippen molar-refractivity contribution in [3.63, 3.8) is 0 Å². The van der Waals surface area contributed by atoms with E-state index in [9.17, 15) is 18.4 Å². The molecule has 0 N–H and O–H groups in total. The largest absolute Gasteiger partial charge is 0.294 e. The Hall–Kier alpha value is -1.40. The Kier molecular flexibility index (Phi) is 2.86. The van der Waals surface area contributed by atoms with Crippen LogP contribution in [0.1, 0.15) is 56.2 Å². The van der Waals surface area contributed by atoms with Gasteiger partial charge in [-0.25, -0.2) is 0 Å². The van der Waals surface area contributed by atoms with E-state index in [4.69, 9.17) is 0 Å². The molecule has 0 saturated heterocycles. The fraction of sp³-hybridized carbons (Fsp3) is 0.444. The van der Waals surface area contributed by atoms with E-state index in [-0.39, 0.29) is 57.3 Å². The summed E-state index contributed by atoms with van der Waals surface area (Å²) in [6.07, 6.45) is 0. The molecule has 2 heterocycles. The number of ketones is 2. The van der Waals surface area contributed by atoms with Crippen molar-refractivity contribution in [1.29, 1.82) is 0 Å². The molecule has 2 aromatic rings. The normalized spacial score (nSPS) is 36.5. The zero-order chi connectivity index (χ0) is 16.9. The monoisotopic (exact) mass is 364 g/mol. The van der Waals surface area contributed by atoms with Crippen molar-refractivity contribution in [2.24, 2.45) is 23.7 Å². The van der Waals surface area contributed by atoms with E-state index < -0.39 is 0 Å². The highest BCUT2D eigenvalue weighted by Gasteiger charge is 2.60. The summed E-state index contributed by atoms with van der Waals surface area (Å²) in [7, 11) is 0. The molecule has 1 saturated carbocycles. The van der Waals surface area contributed by atoms with Gasteiger partial charge in [0.25, 0.3) is 0 Å². The smallest absolute Gasteiger partial charge is 0.177 e. The van der Waals surface area contributed by atoms with Crippen LogP contribution in [0.25, 0.3) is 0 Å². The van der Waals surface area contributed by atoms with Crippen LogP contribution in [0.5, 0.6) is 0 Å². The first-order chi connectivity index (χ1) is 11.4. The van der Waals surface area contributed by atoms with Crippen molar-refractivity contribution in [2.45, 2.75) is 25.7 Å². The molecular formula is C18H14F2O2S2. The second kappa shape index (κ2) is 4.61. The van der Waals surface area contributed by atoms with Gasteiger partial charge in [-0.15, -0.1) is 22.7 Å². The van der Waals surface area contributed by atoms with Crippen LogP contribution in [0.3, 0.4) is 0 Å². The minimum atomic E-state index is -0.340. The summed E-state index contributed by atoms with van der Waals surface area (Å²) in [5.41, 5.74) is 0.993. The first kappa shape index (κ1) is 14.9. The van der Waals surface area contributed by atoms with E-state index in [2.05, 4.69) is 0 Å². The average Bonchev–Trinajstić information content (AvgIpc) is 3.20. The molecule has 3 aliphatic rings. The molecule has 2 nitrogen and oxygen atoms in total. The van der Waals surface area contributed by atoms with E-state index in [0.29, 0.717) is 11.1 Å². The van der Waals surface area contributed by atoms with Crippen molar-refractivity contribution >= 4 is 34.2 Å². The number of halogens is 2. The lowest BCUT2D eigenvalue weighted by atomic mass is 9.59. The Morgan fingerprint density at radius 2 is 1.12 bits per heavy atom. The maximum absolute atomic E-state index is 13.7. The number of hydrogen-bond acceptors (Lipinski definition) is 4. The maximum atomic E-state index is 13.7. The van der Waals surface area contributed by atoms with Gasteiger partial charge in [0, 0.05) is 44.6 Å². The summed E-state index contributed by atoms with van der Waals surface area (Å²) in [4.78, 5) is 27.3. The van der Waals surface area contributed by atoms with Crippen LogP contribution in [0.2, 0.25) is 0 Å². The van der Waals surface area contributed by atoms with Crippen LogP contribution in [-0.2, 0) is 0 Å². The maximum Gasteiger partial charge on any atom is 0.177 e. The Bertz CT molecular complexity index is 838. The van der Waals surface area contributed by atoms with Gasteiger partial charge in [0.2, 0.25) is 0 Å². The fourth-order valence-corrected chi connectivity index (χ4v) is 7.66. The van der Waals surface area contributed by atoms with Crippen LogP contribution < -0.4 is 0 Å². The van der Waals surface area contributed by atoms with E-state index in [1.807, 2.05) is 13.8 Å². The fourth-order valence-electron chi connectivity index (χ4n) is 5.35. The van der Waals surface area contributed by atoms with E-state index >= 15 is 0 Å². The molecular weight excluding hydrogens is 350 g/mol. The predicted octanol–water partition coefficient (Wildman–Crippen LogP) is 4.87. The molecule has 0 bridgehead atoms. The van der Waals surface area contributed by atoms with E-state index in [1.54, 1.807) is 0 Å². The minimum Gasteiger partial charge on any atom is -0.294 e. The van der Waals surface area contributed by atoms with Gasteiger partial charge in [0.15, 0.2) is 21.8 Å². The molecule has 0 aliphatic heterocycles. The highest BCUT2D eigenvalue weighted by Crippen LogP contribution is 2.63. The van der Waals surface area contributed by atoms with Gasteiger partial charge in [-0.2, -0.15) is 8.78 Å². The molecule has 6 unspecified atom stereocenters. The second-order valence-electron chi connectivity index (χ2n) is 7.21. The minimum absolute atomic E-state index is 0.00845. The van der Waals surface area contributed by atoms with Crippen molar-refractivity contribution < 1.29 is 18.4 Å². The lowest BCUT2D eigenvalue weighted by molar-refractivity contribution is 0.0551. The van der Waals surface area contributed by atoms with Crippen molar-refractivity contribution in [2.75, 3.05) is 0 Å². The Labute approximate surface area is 145 Å². The SMILES string of the molecule is CC1C2C(=O)c3cc(F)sc3C2C(C)C2C(=O)c3cc(F)sc3C12. The van der Waals surface area contributed by atoms with Crippen LogP contribution in [0.4, 0.5) is 8.78 Å². The molecule has 24 heavy (non-hydrogen) atoms. The standard InChI is InChI=1S/C18H14F2O2S2/c1-5-11-14(18-7(15(11)21)3-10(20)24-18)6(2)12-13(5)17-8(16(12)22)4-9(19)23-17/h3-6,11-14H,1-2H3. The first-order valence-electron chi connectivity index (χ1n) is 8.07. The first-order valence-corrected chi connectivity index (χ1v) is 9.70. The number of hydrogen-bond donors (Lipinski definition) is 0. The molecule has 1 fully saturated rings. The van der Waals surface area contributed by atoms with Crippen LogP contribution >= 0.6 is 22.7 Å². The summed E-state index contributed by atoms with van der Waals surface area (Å²) in [5.74, 6) is -0.762. The van der Waals surface area contributed by atoms with Gasteiger partial charge in [0.05, 0.1) is 0 Å². The number of rotatable bonds is 0. The summed E-state index contributed by atoms with van der Waals surface area (Å²) >= 11 is 2.08. The molecule has 6 atom stereocenters. The van der Waals surface area contributed by atoms with Crippen LogP contribution in [0, 0.1) is 33.9 Å². The number of carbonyl (C=O) groups is 2. The zero-order valence-electron chi connectivity index (χ0n) is 13.0. The van der Waals surface area contributed by atoms with Crippen LogP contribution in [-0.4, -0.2) is 11.6 Å². The third-order valence-electron chi connectivity index (χ3n) is 6.24. The van der Waals surface area contributed by atoms with Gasteiger partial charge in [0.1, 0.15) is 0 Å². The quantitative estimate of drug-likeness (QED) is 0.669. The van der Waals surface area contributed by atoms with Gasteiger partial charge in [-0.3, -0.25) is 9.59 Å². The topological polar surface area (TPSA) is 34.1 Å². The summed E-state index contributed by atoms with van der Waals surface area (Å²) in [5, 5.41) is -0.680. The average molecular weight is 364 g/mol. The molecule has 0 radical (unpaired) electrons. The summed E-state index contributed by atoms with van der Waals surface area (Å²) in [6.45, 7) is 3.98. The van der Waals surface area contributed by atoms with Gasteiger partial charge < -0.3 is 0 Å². The van der Waals surface area contributed by atoms with Gasteiger partial charge in [-0.05, 0) is 24.0 Å². The Morgan fingerprint density at radius 3 is 1.50 bits per heavy atom. The molecule has 124 valence electrons. The van der Waals surface area contributed by atoms with Gasteiger partial charge in [-0.1, -0.05) is 13.8 Å². The lowest BCUT2D eigenvalue weighted by Crippen LogP contribution is -2.42. The number of fused-ring (bicyclic) bond motifs is 6. The lowest BCUT2D eigenvalue weighted by Gasteiger charge is -2.43. The predicted molar refractivity (Wildman–Crippen MR) is 88.0 cm³/mol. The molecule has 0 amide bonds. The molecule has 2 aromatic heterocycles.